The van der Waals surface area contributed by atoms with Crippen LogP contribution in [0.3, 0.4) is 0 Å². The van der Waals surface area contributed by atoms with E-state index in [2.05, 4.69) is 5.10 Å². The Bertz CT molecular complexity index is 1660. The van der Waals surface area contributed by atoms with Crippen molar-refractivity contribution in [2.45, 2.75) is 0 Å². The van der Waals surface area contributed by atoms with E-state index in [9.17, 15) is 10.1 Å². The van der Waals surface area contributed by atoms with Crippen molar-refractivity contribution in [3.63, 3.8) is 0 Å². The number of nitro groups is 1. The Labute approximate surface area is 205 Å². The third-order valence-electron chi connectivity index (χ3n) is 5.81. The van der Waals surface area contributed by atoms with Crippen molar-refractivity contribution in [1.82, 2.24) is 24.7 Å². The summed E-state index contributed by atoms with van der Waals surface area (Å²) in [5, 5.41) is 17.0. The third-order valence-corrected chi connectivity index (χ3v) is 5.81. The van der Waals surface area contributed by atoms with Crippen LogP contribution in [-0.2, 0) is 0 Å². The number of nitrogens with zero attached hydrogens (tertiary/aromatic N) is 6. The van der Waals surface area contributed by atoms with Gasteiger partial charge in [0.1, 0.15) is 0 Å². The Hall–Kier alpha value is -5.24. The van der Waals surface area contributed by atoms with Crippen molar-refractivity contribution in [3.8, 4) is 39.9 Å². The van der Waals surface area contributed by atoms with Crippen LogP contribution in [0.15, 0.2) is 109 Å². The molecule has 0 N–H and O–H groups in total. The largest absolute Gasteiger partial charge is 0.277 e. The standard InChI is InChI=1S/C28H18N6O2/c35-34(36)25-14-8-7-13-23(25)21-15-16-24-22(17-21)18-33(32-24)28-30-26(19-9-3-1-4-10-19)29-27(31-28)20-11-5-2-6-12-20/h1-18H. The Morgan fingerprint density at radius 2 is 1.28 bits per heavy atom. The molecular formula is C28H18N6O2. The van der Waals surface area contributed by atoms with Gasteiger partial charge < -0.3 is 0 Å². The van der Waals surface area contributed by atoms with Crippen LogP contribution in [-0.4, -0.2) is 29.7 Å². The van der Waals surface area contributed by atoms with Gasteiger partial charge in [0.25, 0.3) is 11.6 Å². The number of aromatic nitrogens is 5. The highest BCUT2D eigenvalue weighted by Crippen LogP contribution is 2.31. The van der Waals surface area contributed by atoms with E-state index in [1.807, 2.05) is 85.1 Å². The summed E-state index contributed by atoms with van der Waals surface area (Å²) in [6.07, 6.45) is 1.83. The number of rotatable bonds is 5. The minimum absolute atomic E-state index is 0.0571. The Morgan fingerprint density at radius 3 is 1.92 bits per heavy atom. The number of benzene rings is 4. The molecule has 0 atom stereocenters. The first-order chi connectivity index (χ1) is 17.7. The molecule has 0 aliphatic heterocycles. The second-order valence-corrected chi connectivity index (χ2v) is 8.14. The topological polar surface area (TPSA) is 99.6 Å². The van der Waals surface area contributed by atoms with Gasteiger partial charge in [-0.05, 0) is 23.8 Å². The molecule has 6 aromatic rings. The Kier molecular flexibility index (Phi) is 5.23. The zero-order valence-electron chi connectivity index (χ0n) is 18.9. The summed E-state index contributed by atoms with van der Waals surface area (Å²) in [6, 6.07) is 31.7. The molecule has 0 radical (unpaired) electrons. The summed E-state index contributed by atoms with van der Waals surface area (Å²) >= 11 is 0. The third kappa shape index (κ3) is 3.97. The highest BCUT2D eigenvalue weighted by atomic mass is 16.6. The summed E-state index contributed by atoms with van der Waals surface area (Å²) < 4.78 is 1.62. The fourth-order valence-corrected chi connectivity index (χ4v) is 4.07. The SMILES string of the molecule is O=[N+]([O-])c1ccccc1-c1ccc2nn(-c3nc(-c4ccccc4)nc(-c4ccccc4)n3)cc2c1. The fraction of sp³-hybridized carbons (Fsp3) is 0. The van der Waals surface area contributed by atoms with E-state index in [-0.39, 0.29) is 10.6 Å². The van der Waals surface area contributed by atoms with Crippen LogP contribution >= 0.6 is 0 Å². The van der Waals surface area contributed by atoms with E-state index >= 15 is 0 Å². The first-order valence-corrected chi connectivity index (χ1v) is 11.3. The molecule has 172 valence electrons. The molecule has 0 aliphatic carbocycles. The monoisotopic (exact) mass is 470 g/mol. The molecule has 0 spiro atoms. The minimum atomic E-state index is -0.371. The van der Waals surface area contributed by atoms with Gasteiger partial charge in [-0.2, -0.15) is 15.1 Å². The first kappa shape index (κ1) is 21.3. The normalized spacial score (nSPS) is 11.0. The van der Waals surface area contributed by atoms with Crippen LogP contribution in [0.2, 0.25) is 0 Å². The first-order valence-electron chi connectivity index (χ1n) is 11.3. The average Bonchev–Trinajstić information content (AvgIpc) is 3.37. The van der Waals surface area contributed by atoms with Crippen LogP contribution in [0.4, 0.5) is 5.69 Å². The average molecular weight is 470 g/mol. The molecule has 2 aromatic heterocycles. The van der Waals surface area contributed by atoms with E-state index in [4.69, 9.17) is 15.0 Å². The maximum Gasteiger partial charge on any atom is 0.277 e. The van der Waals surface area contributed by atoms with E-state index < -0.39 is 0 Å². The molecule has 0 saturated heterocycles. The predicted octanol–water partition coefficient (Wildman–Crippen LogP) is 6.12. The minimum Gasteiger partial charge on any atom is -0.258 e. The molecule has 0 saturated carbocycles. The summed E-state index contributed by atoms with van der Waals surface area (Å²) in [7, 11) is 0. The van der Waals surface area contributed by atoms with Gasteiger partial charge in [0.2, 0.25) is 0 Å². The van der Waals surface area contributed by atoms with Gasteiger partial charge in [-0.1, -0.05) is 78.9 Å². The molecule has 0 amide bonds. The number of hydrogen-bond donors (Lipinski definition) is 0. The molecule has 0 aliphatic rings. The lowest BCUT2D eigenvalue weighted by Crippen LogP contribution is -2.06. The summed E-state index contributed by atoms with van der Waals surface area (Å²) in [5.41, 5.74) is 3.80. The second-order valence-electron chi connectivity index (χ2n) is 8.14. The second kappa shape index (κ2) is 8.84. The van der Waals surface area contributed by atoms with Crippen molar-refractivity contribution in [3.05, 3.63) is 119 Å². The molecule has 6 rings (SSSR count). The lowest BCUT2D eigenvalue weighted by molar-refractivity contribution is -0.384. The van der Waals surface area contributed by atoms with Gasteiger partial charge in [0, 0.05) is 28.8 Å². The Morgan fingerprint density at radius 1 is 0.667 bits per heavy atom. The van der Waals surface area contributed by atoms with Gasteiger partial charge >= 0.3 is 0 Å². The zero-order chi connectivity index (χ0) is 24.5. The number of para-hydroxylation sites is 1. The fourth-order valence-electron chi connectivity index (χ4n) is 4.07. The van der Waals surface area contributed by atoms with Crippen LogP contribution in [0, 0.1) is 10.1 Å². The highest BCUT2D eigenvalue weighted by molar-refractivity contribution is 5.86. The van der Waals surface area contributed by atoms with E-state index in [1.54, 1.807) is 22.9 Å². The van der Waals surface area contributed by atoms with Crippen molar-refractivity contribution < 1.29 is 4.92 Å². The number of fused-ring (bicyclic) bond motifs is 1. The smallest absolute Gasteiger partial charge is 0.258 e. The van der Waals surface area contributed by atoms with Crippen LogP contribution in [0.1, 0.15) is 0 Å². The van der Waals surface area contributed by atoms with Gasteiger partial charge in [-0.25, -0.2) is 9.67 Å². The predicted molar refractivity (Wildman–Crippen MR) is 137 cm³/mol. The van der Waals surface area contributed by atoms with Gasteiger partial charge in [-0.15, -0.1) is 0 Å². The van der Waals surface area contributed by atoms with E-state index in [0.29, 0.717) is 23.2 Å². The summed E-state index contributed by atoms with van der Waals surface area (Å²) in [5.74, 6) is 1.46. The summed E-state index contributed by atoms with van der Waals surface area (Å²) in [6.45, 7) is 0. The van der Waals surface area contributed by atoms with Crippen molar-refractivity contribution in [1.29, 1.82) is 0 Å². The summed E-state index contributed by atoms with van der Waals surface area (Å²) in [4.78, 5) is 25.3. The molecule has 8 heteroatoms. The highest BCUT2D eigenvalue weighted by Gasteiger charge is 2.16. The number of nitro benzene ring substituents is 1. The van der Waals surface area contributed by atoms with Gasteiger partial charge in [0.15, 0.2) is 11.6 Å². The quantitative estimate of drug-likeness (QED) is 0.222. The van der Waals surface area contributed by atoms with E-state index in [0.717, 1.165) is 27.6 Å². The lowest BCUT2D eigenvalue weighted by atomic mass is 10.0. The molecule has 8 nitrogen and oxygen atoms in total. The lowest BCUT2D eigenvalue weighted by Gasteiger charge is -2.07. The van der Waals surface area contributed by atoms with Gasteiger partial charge in [-0.3, -0.25) is 10.1 Å². The molecular weight excluding hydrogens is 452 g/mol. The molecule has 0 unspecified atom stereocenters. The molecule has 36 heavy (non-hydrogen) atoms. The van der Waals surface area contributed by atoms with Crippen LogP contribution < -0.4 is 0 Å². The van der Waals surface area contributed by atoms with Crippen LogP contribution in [0.5, 0.6) is 0 Å². The Balaban J connectivity index is 1.48. The molecule has 2 heterocycles. The van der Waals surface area contributed by atoms with Crippen molar-refractivity contribution in [2.75, 3.05) is 0 Å². The van der Waals surface area contributed by atoms with Crippen molar-refractivity contribution in [2.24, 2.45) is 0 Å². The molecule has 0 bridgehead atoms. The van der Waals surface area contributed by atoms with Gasteiger partial charge in [0.05, 0.1) is 16.0 Å². The van der Waals surface area contributed by atoms with Crippen LogP contribution in [0.25, 0.3) is 50.8 Å². The molecule has 0 fully saturated rings. The molecule has 4 aromatic carbocycles. The number of hydrogen-bond acceptors (Lipinski definition) is 6. The maximum atomic E-state index is 11.5. The zero-order valence-corrected chi connectivity index (χ0v) is 18.9. The van der Waals surface area contributed by atoms with Crippen molar-refractivity contribution >= 4 is 16.6 Å². The maximum absolute atomic E-state index is 11.5. The van der Waals surface area contributed by atoms with E-state index in [1.165, 1.54) is 6.07 Å².